The highest BCUT2D eigenvalue weighted by atomic mass is 16.2. The van der Waals surface area contributed by atoms with Crippen LogP contribution in [-0.2, 0) is 0 Å². The Morgan fingerprint density at radius 2 is 1.61 bits per heavy atom. The zero-order chi connectivity index (χ0) is 21.6. The van der Waals surface area contributed by atoms with Gasteiger partial charge in [-0.1, -0.05) is 63.3 Å². The minimum Gasteiger partial charge on any atom is -0.352 e. The number of hydrogen-bond acceptors (Lipinski definition) is 2. The fourth-order valence-electron chi connectivity index (χ4n) is 5.56. The van der Waals surface area contributed by atoms with E-state index in [-0.39, 0.29) is 11.8 Å². The number of amides is 2. The number of piperidine rings is 1. The third-order valence-electron chi connectivity index (χ3n) is 7.22. The van der Waals surface area contributed by atoms with Crippen molar-refractivity contribution in [1.82, 2.24) is 10.2 Å². The van der Waals surface area contributed by atoms with E-state index in [2.05, 4.69) is 17.1 Å². The smallest absolute Gasteiger partial charge is 0.254 e. The highest BCUT2D eigenvalue weighted by Crippen LogP contribution is 2.36. The maximum Gasteiger partial charge on any atom is 0.254 e. The number of hydrogen-bond donors (Lipinski definition) is 1. The lowest BCUT2D eigenvalue weighted by atomic mass is 9.78. The van der Waals surface area contributed by atoms with E-state index in [0.29, 0.717) is 24.1 Å². The summed E-state index contributed by atoms with van der Waals surface area (Å²) in [6.45, 7) is 3.74. The Morgan fingerprint density at radius 3 is 2.42 bits per heavy atom. The summed E-state index contributed by atoms with van der Waals surface area (Å²) in [5.74, 6) is 0.756. The van der Waals surface area contributed by atoms with Crippen molar-refractivity contribution in [3.63, 3.8) is 0 Å². The van der Waals surface area contributed by atoms with Gasteiger partial charge in [0.15, 0.2) is 0 Å². The van der Waals surface area contributed by atoms with Crippen LogP contribution in [-0.4, -0.2) is 35.8 Å². The van der Waals surface area contributed by atoms with E-state index < -0.39 is 0 Å². The summed E-state index contributed by atoms with van der Waals surface area (Å²) in [6.07, 6.45) is 11.8. The fraction of sp³-hybridized carbons (Fsp3) is 0.556. The molecule has 2 fully saturated rings. The normalized spacial score (nSPS) is 21.0. The van der Waals surface area contributed by atoms with Crippen molar-refractivity contribution in [3.05, 3.63) is 47.5 Å². The quantitative estimate of drug-likeness (QED) is 0.563. The third-order valence-corrected chi connectivity index (χ3v) is 7.22. The number of carbonyl (C=O) groups is 2. The minimum absolute atomic E-state index is 0.0444. The van der Waals surface area contributed by atoms with Crippen LogP contribution in [0.5, 0.6) is 0 Å². The standard InChI is InChI=1S/C27H36N2O2/c1-2-3-4-9-18-28-26(30)23-16-17-24(22-14-7-6-13-21(22)23)27(31)29-19-10-12-20-11-5-8-15-25(20)29/h6-7,13-14,16-17,20,25H,2-5,8-12,15,18-19H2,1H3,(H,28,30)/t20-,25-/m0/s1. The first kappa shape index (κ1) is 21.9. The van der Waals surface area contributed by atoms with E-state index in [1.807, 2.05) is 36.4 Å². The first-order valence-electron chi connectivity index (χ1n) is 12.3. The number of carbonyl (C=O) groups excluding carboxylic acids is 2. The highest BCUT2D eigenvalue weighted by Gasteiger charge is 2.36. The summed E-state index contributed by atoms with van der Waals surface area (Å²) < 4.78 is 0. The highest BCUT2D eigenvalue weighted by molar-refractivity contribution is 6.14. The van der Waals surface area contributed by atoms with Gasteiger partial charge in [-0.05, 0) is 60.9 Å². The molecule has 1 aliphatic heterocycles. The lowest BCUT2D eigenvalue weighted by Gasteiger charge is -2.44. The van der Waals surface area contributed by atoms with Crippen LogP contribution in [0, 0.1) is 5.92 Å². The molecule has 2 atom stereocenters. The predicted molar refractivity (Wildman–Crippen MR) is 126 cm³/mol. The van der Waals surface area contributed by atoms with Crippen molar-refractivity contribution < 1.29 is 9.59 Å². The first-order valence-corrected chi connectivity index (χ1v) is 12.3. The molecule has 0 bridgehead atoms. The number of unbranched alkanes of at least 4 members (excludes halogenated alkanes) is 3. The molecule has 31 heavy (non-hydrogen) atoms. The Morgan fingerprint density at radius 1 is 0.903 bits per heavy atom. The van der Waals surface area contributed by atoms with Crippen molar-refractivity contribution in [2.75, 3.05) is 13.1 Å². The van der Waals surface area contributed by atoms with Gasteiger partial charge in [-0.3, -0.25) is 9.59 Å². The molecule has 0 aromatic heterocycles. The topological polar surface area (TPSA) is 49.4 Å². The number of benzene rings is 2. The van der Waals surface area contributed by atoms with Gasteiger partial charge in [-0.15, -0.1) is 0 Å². The largest absolute Gasteiger partial charge is 0.352 e. The zero-order valence-corrected chi connectivity index (χ0v) is 18.9. The molecule has 4 heteroatoms. The van der Waals surface area contributed by atoms with Gasteiger partial charge in [0.25, 0.3) is 11.8 Å². The van der Waals surface area contributed by atoms with E-state index in [9.17, 15) is 9.59 Å². The van der Waals surface area contributed by atoms with E-state index in [1.54, 1.807) is 0 Å². The predicted octanol–water partition coefficient (Wildman–Crippen LogP) is 5.94. The van der Waals surface area contributed by atoms with Crippen molar-refractivity contribution in [2.24, 2.45) is 5.92 Å². The Labute approximate surface area is 186 Å². The summed E-state index contributed by atoms with van der Waals surface area (Å²) in [5.41, 5.74) is 1.40. The SMILES string of the molecule is CCCCCCNC(=O)c1ccc(C(=O)N2CCC[C@@H]3CCCC[C@@H]32)c2ccccc12. The molecule has 1 saturated heterocycles. The average molecular weight is 421 g/mol. The molecule has 1 N–H and O–H groups in total. The summed E-state index contributed by atoms with van der Waals surface area (Å²) in [4.78, 5) is 28.6. The van der Waals surface area contributed by atoms with E-state index in [1.165, 1.54) is 38.5 Å². The van der Waals surface area contributed by atoms with Gasteiger partial charge in [-0.25, -0.2) is 0 Å². The summed E-state index contributed by atoms with van der Waals surface area (Å²) in [5, 5.41) is 4.83. The number of rotatable bonds is 7. The number of likely N-dealkylation sites (tertiary alicyclic amines) is 1. The molecular formula is C27H36N2O2. The second-order valence-electron chi connectivity index (χ2n) is 9.28. The van der Waals surface area contributed by atoms with Crippen LogP contribution in [0.15, 0.2) is 36.4 Å². The van der Waals surface area contributed by atoms with Crippen LogP contribution in [0.2, 0.25) is 0 Å². The maximum atomic E-state index is 13.6. The van der Waals surface area contributed by atoms with Gasteiger partial charge < -0.3 is 10.2 Å². The molecule has 1 aliphatic carbocycles. The van der Waals surface area contributed by atoms with Crippen LogP contribution in [0.4, 0.5) is 0 Å². The average Bonchev–Trinajstić information content (AvgIpc) is 2.82. The molecule has 0 unspecified atom stereocenters. The lowest BCUT2D eigenvalue weighted by Crippen LogP contribution is -2.49. The Kier molecular flexibility index (Phi) is 7.26. The molecule has 4 nitrogen and oxygen atoms in total. The molecule has 2 aromatic rings. The number of nitrogens with one attached hydrogen (secondary N) is 1. The van der Waals surface area contributed by atoms with E-state index >= 15 is 0 Å². The van der Waals surface area contributed by atoms with Gasteiger partial charge in [-0.2, -0.15) is 0 Å². The van der Waals surface area contributed by atoms with Gasteiger partial charge >= 0.3 is 0 Å². The summed E-state index contributed by atoms with van der Waals surface area (Å²) in [6, 6.07) is 12.0. The van der Waals surface area contributed by atoms with Crippen molar-refractivity contribution in [3.8, 4) is 0 Å². The molecule has 2 aliphatic rings. The maximum absolute atomic E-state index is 13.6. The molecule has 166 valence electrons. The Hall–Kier alpha value is -2.36. The Bertz CT molecular complexity index is 921. The third kappa shape index (κ3) is 4.78. The number of fused-ring (bicyclic) bond motifs is 2. The van der Waals surface area contributed by atoms with Gasteiger partial charge in [0.05, 0.1) is 0 Å². The van der Waals surface area contributed by atoms with Crippen LogP contribution < -0.4 is 5.32 Å². The van der Waals surface area contributed by atoms with Crippen LogP contribution in [0.25, 0.3) is 10.8 Å². The van der Waals surface area contributed by atoms with Crippen molar-refractivity contribution >= 4 is 22.6 Å². The van der Waals surface area contributed by atoms with Gasteiger partial charge in [0.2, 0.25) is 0 Å². The molecule has 0 spiro atoms. The van der Waals surface area contributed by atoms with Crippen LogP contribution >= 0.6 is 0 Å². The molecule has 2 aromatic carbocycles. The zero-order valence-electron chi connectivity index (χ0n) is 18.9. The van der Waals surface area contributed by atoms with Crippen molar-refractivity contribution in [2.45, 2.75) is 77.2 Å². The molecule has 4 rings (SSSR count). The molecule has 0 radical (unpaired) electrons. The summed E-state index contributed by atoms with van der Waals surface area (Å²) in [7, 11) is 0. The second-order valence-corrected chi connectivity index (χ2v) is 9.28. The van der Waals surface area contributed by atoms with Gasteiger partial charge in [0, 0.05) is 30.3 Å². The monoisotopic (exact) mass is 420 g/mol. The van der Waals surface area contributed by atoms with Gasteiger partial charge in [0.1, 0.15) is 0 Å². The Balaban J connectivity index is 1.56. The minimum atomic E-state index is -0.0444. The molecule has 2 amide bonds. The van der Waals surface area contributed by atoms with Crippen molar-refractivity contribution in [1.29, 1.82) is 0 Å². The number of nitrogens with zero attached hydrogens (tertiary/aromatic N) is 1. The summed E-state index contributed by atoms with van der Waals surface area (Å²) >= 11 is 0. The first-order chi connectivity index (χ1) is 15.2. The van der Waals surface area contributed by atoms with E-state index in [4.69, 9.17) is 0 Å². The van der Waals surface area contributed by atoms with Crippen LogP contribution in [0.1, 0.15) is 91.8 Å². The second kappa shape index (κ2) is 10.3. The van der Waals surface area contributed by atoms with E-state index in [0.717, 1.165) is 48.6 Å². The fourth-order valence-corrected chi connectivity index (χ4v) is 5.56. The molecule has 1 saturated carbocycles. The van der Waals surface area contributed by atoms with Crippen LogP contribution in [0.3, 0.4) is 0 Å². The molecular weight excluding hydrogens is 384 g/mol. The molecule has 1 heterocycles. The lowest BCUT2D eigenvalue weighted by molar-refractivity contribution is 0.0392.